The Bertz CT molecular complexity index is 335. The van der Waals surface area contributed by atoms with Gasteiger partial charge in [0.05, 0.1) is 6.61 Å². The average Bonchev–Trinajstić information content (AvgIpc) is 2.43. The van der Waals surface area contributed by atoms with Crippen LogP contribution in [0.15, 0.2) is 12.7 Å². The first-order valence-electron chi connectivity index (χ1n) is 8.01. The zero-order valence-corrected chi connectivity index (χ0v) is 12.8. The van der Waals surface area contributed by atoms with Gasteiger partial charge in [-0.3, -0.25) is 9.59 Å². The van der Waals surface area contributed by atoms with Crippen LogP contribution in [-0.2, 0) is 14.3 Å². The lowest BCUT2D eigenvalue weighted by atomic mass is 9.76. The quantitative estimate of drug-likeness (QED) is 0.442. The number of hydrogen-bond acceptors (Lipinski definition) is 3. The lowest BCUT2D eigenvalue weighted by Gasteiger charge is -2.27. The molecule has 0 aromatic heterocycles. The number of ketones is 1. The van der Waals surface area contributed by atoms with Crippen molar-refractivity contribution >= 4 is 11.8 Å². The number of carbonyl (C=O) groups excluding carboxylic acids is 2. The van der Waals surface area contributed by atoms with Crippen LogP contribution in [0.4, 0.5) is 0 Å². The van der Waals surface area contributed by atoms with E-state index in [9.17, 15) is 9.59 Å². The van der Waals surface area contributed by atoms with Gasteiger partial charge in [-0.1, -0.05) is 51.0 Å². The van der Waals surface area contributed by atoms with Crippen molar-refractivity contribution in [2.75, 3.05) is 6.61 Å². The first kappa shape index (κ1) is 16.9. The van der Waals surface area contributed by atoms with Gasteiger partial charge < -0.3 is 4.74 Å². The highest BCUT2D eigenvalue weighted by molar-refractivity contribution is 6.05. The van der Waals surface area contributed by atoms with Gasteiger partial charge in [0.2, 0.25) is 0 Å². The first-order valence-corrected chi connectivity index (χ1v) is 8.01. The molecule has 3 nitrogen and oxygen atoms in total. The molecule has 3 heteroatoms. The summed E-state index contributed by atoms with van der Waals surface area (Å²) >= 11 is 0. The second-order valence-electron chi connectivity index (χ2n) is 5.65. The molecule has 0 heterocycles. The van der Waals surface area contributed by atoms with E-state index in [1.54, 1.807) is 6.92 Å². The van der Waals surface area contributed by atoms with Crippen molar-refractivity contribution in [3.8, 4) is 0 Å². The molecule has 20 heavy (non-hydrogen) atoms. The molecule has 114 valence electrons. The standard InChI is InChI=1S/C17H28O3/c1-3-17(16(19)20-4-2)14-12-10-8-6-5-7-9-11-13-15(17)18/h3H,1,4-14H2,2H3. The third-order valence-corrected chi connectivity index (χ3v) is 4.21. The molecule has 1 saturated carbocycles. The maximum absolute atomic E-state index is 12.5. The molecule has 0 bridgehead atoms. The monoisotopic (exact) mass is 280 g/mol. The molecule has 0 spiro atoms. The van der Waals surface area contributed by atoms with Crippen molar-refractivity contribution < 1.29 is 14.3 Å². The highest BCUT2D eigenvalue weighted by atomic mass is 16.5. The highest BCUT2D eigenvalue weighted by Gasteiger charge is 2.43. The number of rotatable bonds is 3. The highest BCUT2D eigenvalue weighted by Crippen LogP contribution is 2.32. The molecule has 1 aliphatic carbocycles. The van der Waals surface area contributed by atoms with Gasteiger partial charge in [0.1, 0.15) is 5.41 Å². The van der Waals surface area contributed by atoms with E-state index in [4.69, 9.17) is 4.74 Å². The fourth-order valence-electron chi connectivity index (χ4n) is 2.89. The minimum atomic E-state index is -1.10. The van der Waals surface area contributed by atoms with Gasteiger partial charge in [-0.15, -0.1) is 6.58 Å². The van der Waals surface area contributed by atoms with Crippen molar-refractivity contribution in [3.05, 3.63) is 12.7 Å². The number of carbonyl (C=O) groups is 2. The van der Waals surface area contributed by atoms with Crippen molar-refractivity contribution in [1.82, 2.24) is 0 Å². The number of Topliss-reactive ketones (excluding diaryl/α,β-unsaturated/α-hetero) is 1. The molecule has 0 aromatic carbocycles. The summed E-state index contributed by atoms with van der Waals surface area (Å²) < 4.78 is 5.14. The van der Waals surface area contributed by atoms with E-state index in [1.165, 1.54) is 31.8 Å². The third kappa shape index (κ3) is 4.46. The van der Waals surface area contributed by atoms with Crippen LogP contribution in [0.5, 0.6) is 0 Å². The summed E-state index contributed by atoms with van der Waals surface area (Å²) in [7, 11) is 0. The van der Waals surface area contributed by atoms with Crippen LogP contribution < -0.4 is 0 Å². The van der Waals surface area contributed by atoms with E-state index < -0.39 is 11.4 Å². The topological polar surface area (TPSA) is 43.4 Å². The van der Waals surface area contributed by atoms with Crippen LogP contribution in [0.25, 0.3) is 0 Å². The van der Waals surface area contributed by atoms with Crippen LogP contribution in [0.2, 0.25) is 0 Å². The summed E-state index contributed by atoms with van der Waals surface area (Å²) in [4.78, 5) is 24.8. The Hall–Kier alpha value is -1.12. The summed E-state index contributed by atoms with van der Waals surface area (Å²) in [5.74, 6) is -0.413. The molecule has 0 N–H and O–H groups in total. The van der Waals surface area contributed by atoms with Crippen molar-refractivity contribution in [2.24, 2.45) is 5.41 Å². The molecular weight excluding hydrogens is 252 g/mol. The fourth-order valence-corrected chi connectivity index (χ4v) is 2.89. The molecule has 0 aromatic rings. The summed E-state index contributed by atoms with van der Waals surface area (Å²) in [5.41, 5.74) is -1.10. The average molecular weight is 280 g/mol. The summed E-state index contributed by atoms with van der Waals surface area (Å²) in [6.07, 6.45) is 11.3. The lowest BCUT2D eigenvalue weighted by molar-refractivity contribution is -0.157. The first-order chi connectivity index (χ1) is 9.67. The lowest BCUT2D eigenvalue weighted by Crippen LogP contribution is -2.39. The van der Waals surface area contributed by atoms with Crippen LogP contribution in [-0.4, -0.2) is 18.4 Å². The molecule has 0 radical (unpaired) electrons. The summed E-state index contributed by atoms with van der Waals surface area (Å²) in [6, 6.07) is 0. The largest absolute Gasteiger partial charge is 0.465 e. The zero-order valence-electron chi connectivity index (χ0n) is 12.8. The Morgan fingerprint density at radius 2 is 1.70 bits per heavy atom. The van der Waals surface area contributed by atoms with Crippen LogP contribution >= 0.6 is 0 Å². The van der Waals surface area contributed by atoms with Gasteiger partial charge in [-0.05, 0) is 19.8 Å². The van der Waals surface area contributed by atoms with Gasteiger partial charge in [0.25, 0.3) is 0 Å². The van der Waals surface area contributed by atoms with E-state index >= 15 is 0 Å². The van der Waals surface area contributed by atoms with Gasteiger partial charge in [-0.25, -0.2) is 0 Å². The van der Waals surface area contributed by atoms with Gasteiger partial charge in [-0.2, -0.15) is 0 Å². The van der Waals surface area contributed by atoms with E-state index in [1.807, 2.05) is 0 Å². The Balaban J connectivity index is 2.84. The second-order valence-corrected chi connectivity index (χ2v) is 5.65. The van der Waals surface area contributed by atoms with Gasteiger partial charge in [0.15, 0.2) is 5.78 Å². The molecule has 1 unspecified atom stereocenters. The fraction of sp³-hybridized carbons (Fsp3) is 0.765. The third-order valence-electron chi connectivity index (χ3n) is 4.21. The summed E-state index contributed by atoms with van der Waals surface area (Å²) in [6.45, 7) is 5.84. The Labute approximate surface area is 122 Å². The molecular formula is C17H28O3. The maximum Gasteiger partial charge on any atom is 0.323 e. The second kappa shape index (κ2) is 8.93. The smallest absolute Gasteiger partial charge is 0.323 e. The molecule has 1 rings (SSSR count). The molecule has 0 amide bonds. The minimum absolute atomic E-state index is 0.00785. The van der Waals surface area contributed by atoms with Crippen molar-refractivity contribution in [3.63, 3.8) is 0 Å². The van der Waals surface area contributed by atoms with E-state index in [0.717, 1.165) is 25.7 Å². The van der Waals surface area contributed by atoms with Crippen LogP contribution in [0, 0.1) is 5.41 Å². The number of ether oxygens (including phenoxy) is 1. The van der Waals surface area contributed by atoms with Crippen LogP contribution in [0.1, 0.15) is 71.1 Å². The minimum Gasteiger partial charge on any atom is -0.465 e. The van der Waals surface area contributed by atoms with E-state index in [0.29, 0.717) is 19.4 Å². The predicted octanol–water partition coefficient (Wildman–Crippen LogP) is 4.21. The summed E-state index contributed by atoms with van der Waals surface area (Å²) in [5, 5.41) is 0. The Kier molecular flexibility index (Phi) is 7.56. The normalized spacial score (nSPS) is 26.1. The van der Waals surface area contributed by atoms with E-state index in [2.05, 4.69) is 6.58 Å². The van der Waals surface area contributed by atoms with E-state index in [-0.39, 0.29) is 5.78 Å². The van der Waals surface area contributed by atoms with Crippen molar-refractivity contribution in [1.29, 1.82) is 0 Å². The Morgan fingerprint density at radius 3 is 2.25 bits per heavy atom. The SMILES string of the molecule is C=CC1(C(=O)OCC)CCCCCCCCCCC1=O. The van der Waals surface area contributed by atoms with Crippen LogP contribution in [0.3, 0.4) is 0 Å². The predicted molar refractivity (Wildman–Crippen MR) is 80.4 cm³/mol. The molecule has 0 saturated heterocycles. The number of hydrogen-bond donors (Lipinski definition) is 0. The zero-order chi connectivity index (χ0) is 14.8. The molecule has 1 atom stereocenters. The van der Waals surface area contributed by atoms with Gasteiger partial charge in [0, 0.05) is 6.42 Å². The molecule has 1 aliphatic rings. The maximum atomic E-state index is 12.5. The molecule has 0 aliphatic heterocycles. The number of esters is 1. The van der Waals surface area contributed by atoms with Gasteiger partial charge >= 0.3 is 5.97 Å². The van der Waals surface area contributed by atoms with Crippen molar-refractivity contribution in [2.45, 2.75) is 71.1 Å². The Morgan fingerprint density at radius 1 is 1.15 bits per heavy atom. The molecule has 1 fully saturated rings.